The molecule has 0 amide bonds. The van der Waals surface area contributed by atoms with Crippen LogP contribution in [0.4, 0.5) is 11.5 Å². The van der Waals surface area contributed by atoms with Gasteiger partial charge in [0, 0.05) is 24.5 Å². The van der Waals surface area contributed by atoms with E-state index in [-0.39, 0.29) is 29.7 Å². The van der Waals surface area contributed by atoms with Crippen molar-refractivity contribution >= 4 is 39.8 Å². The molecule has 3 aromatic rings. The van der Waals surface area contributed by atoms with E-state index in [1.54, 1.807) is 20.0 Å². The van der Waals surface area contributed by atoms with Crippen molar-refractivity contribution in [3.05, 3.63) is 45.8 Å². The molecule has 30 heavy (non-hydrogen) atoms. The molecule has 158 valence electrons. The van der Waals surface area contributed by atoms with Gasteiger partial charge in [-0.15, -0.1) is 0 Å². The third kappa shape index (κ3) is 4.88. The van der Waals surface area contributed by atoms with Crippen LogP contribution in [-0.2, 0) is 11.8 Å². The molecule has 0 aliphatic rings. The summed E-state index contributed by atoms with van der Waals surface area (Å²) in [6, 6.07) is 7.33. The summed E-state index contributed by atoms with van der Waals surface area (Å²) in [5.41, 5.74) is 1.13. The third-order valence-corrected chi connectivity index (χ3v) is 4.67. The maximum Gasteiger partial charge on any atom is 0.318 e. The second kappa shape index (κ2) is 9.58. The molecule has 0 bridgehead atoms. The average molecular weight is 431 g/mol. The second-order valence-electron chi connectivity index (χ2n) is 6.65. The Balaban J connectivity index is 1.92. The molecule has 1 N–H and O–H groups in total. The molecule has 0 saturated carbocycles. The average Bonchev–Trinajstić information content (AvgIpc) is 2.75. The van der Waals surface area contributed by atoms with E-state index < -0.39 is 0 Å². The molecule has 0 unspecified atom stereocenters. The van der Waals surface area contributed by atoms with Gasteiger partial charge in [0.1, 0.15) is 11.6 Å². The molecule has 0 radical (unpaired) electrons. The Morgan fingerprint density at radius 1 is 1.23 bits per heavy atom. The van der Waals surface area contributed by atoms with E-state index >= 15 is 0 Å². The fourth-order valence-electron chi connectivity index (χ4n) is 2.73. The van der Waals surface area contributed by atoms with Gasteiger partial charge in [-0.3, -0.25) is 9.59 Å². The van der Waals surface area contributed by atoms with Gasteiger partial charge in [-0.25, -0.2) is 4.98 Å². The van der Waals surface area contributed by atoms with Crippen molar-refractivity contribution < 1.29 is 14.3 Å². The molecule has 0 aliphatic heterocycles. The first kappa shape index (κ1) is 21.6. The molecule has 0 spiro atoms. The number of nitrogens with zero attached hydrogens (tertiary/aromatic N) is 3. The van der Waals surface area contributed by atoms with Gasteiger partial charge in [0.15, 0.2) is 17.4 Å². The van der Waals surface area contributed by atoms with Crippen molar-refractivity contribution in [1.82, 2.24) is 14.5 Å². The van der Waals surface area contributed by atoms with E-state index in [1.165, 1.54) is 10.8 Å². The molecule has 1 aromatic carbocycles. The van der Waals surface area contributed by atoms with E-state index in [0.717, 1.165) is 17.3 Å². The quantitative estimate of drug-likeness (QED) is 0.550. The molecule has 8 nitrogen and oxygen atoms in total. The number of ether oxygens (including phenoxy) is 2. The van der Waals surface area contributed by atoms with Crippen LogP contribution in [-0.4, -0.2) is 33.5 Å². The number of rotatable bonds is 9. The highest BCUT2D eigenvalue weighted by molar-refractivity contribution is 6.32. The fraction of sp³-hybridized carbons (Fsp3) is 0.333. The van der Waals surface area contributed by atoms with Crippen molar-refractivity contribution in [3.63, 3.8) is 0 Å². The number of benzene rings is 1. The van der Waals surface area contributed by atoms with Crippen molar-refractivity contribution in [3.8, 4) is 11.8 Å². The van der Waals surface area contributed by atoms with Crippen LogP contribution in [0.2, 0.25) is 5.02 Å². The molecular formula is C21H23ClN4O4. The number of halogens is 1. The van der Waals surface area contributed by atoms with Crippen LogP contribution in [0.3, 0.4) is 0 Å². The fourth-order valence-corrected chi connectivity index (χ4v) is 2.87. The second-order valence-corrected chi connectivity index (χ2v) is 7.06. The number of nitrogens with one attached hydrogen (secondary N) is 1. The normalized spacial score (nSPS) is 10.8. The zero-order chi connectivity index (χ0) is 21.7. The Hall–Kier alpha value is -3.13. The number of fused-ring (bicyclic) bond motifs is 1. The maximum atomic E-state index is 12.5. The highest BCUT2D eigenvalue weighted by Crippen LogP contribution is 2.27. The Kier molecular flexibility index (Phi) is 6.89. The highest BCUT2D eigenvalue weighted by atomic mass is 35.5. The smallest absolute Gasteiger partial charge is 0.318 e. The Morgan fingerprint density at radius 3 is 2.77 bits per heavy atom. The summed E-state index contributed by atoms with van der Waals surface area (Å²) in [5, 5.41) is 4.26. The van der Waals surface area contributed by atoms with Crippen LogP contribution in [0.5, 0.6) is 11.8 Å². The van der Waals surface area contributed by atoms with Gasteiger partial charge < -0.3 is 19.4 Å². The van der Waals surface area contributed by atoms with Crippen LogP contribution in [0.25, 0.3) is 10.9 Å². The number of Topliss-reactive ketones (excluding diaryl/α,β-unsaturated/α-hetero) is 1. The van der Waals surface area contributed by atoms with Gasteiger partial charge in [0.05, 0.1) is 18.3 Å². The summed E-state index contributed by atoms with van der Waals surface area (Å²) in [4.78, 5) is 32.4. The summed E-state index contributed by atoms with van der Waals surface area (Å²) in [5.74, 6) is 0.457. The first-order valence-corrected chi connectivity index (χ1v) is 10.0. The number of aromatic nitrogens is 3. The minimum absolute atomic E-state index is 0.0768. The van der Waals surface area contributed by atoms with Crippen LogP contribution in [0.15, 0.2) is 35.3 Å². The van der Waals surface area contributed by atoms with Crippen LogP contribution in [0, 0.1) is 0 Å². The van der Waals surface area contributed by atoms with Gasteiger partial charge >= 0.3 is 6.01 Å². The minimum Gasteiger partial charge on any atom is -0.480 e. The Labute approximate surface area is 178 Å². The van der Waals surface area contributed by atoms with Crippen molar-refractivity contribution in [2.75, 3.05) is 18.5 Å². The van der Waals surface area contributed by atoms with Gasteiger partial charge in [0.2, 0.25) is 0 Å². The van der Waals surface area contributed by atoms with Gasteiger partial charge in [-0.05, 0) is 30.7 Å². The monoisotopic (exact) mass is 430 g/mol. The predicted octanol–water partition coefficient (Wildman–Crippen LogP) is 3.87. The first-order chi connectivity index (χ1) is 14.4. The first-order valence-electron chi connectivity index (χ1n) is 9.63. The van der Waals surface area contributed by atoms with E-state index in [2.05, 4.69) is 15.3 Å². The van der Waals surface area contributed by atoms with Crippen molar-refractivity contribution in [2.24, 2.45) is 7.05 Å². The predicted molar refractivity (Wildman–Crippen MR) is 116 cm³/mol. The topological polar surface area (TPSA) is 95.3 Å². The highest BCUT2D eigenvalue weighted by Gasteiger charge is 2.12. The van der Waals surface area contributed by atoms with Gasteiger partial charge in [-0.2, -0.15) is 4.98 Å². The van der Waals surface area contributed by atoms with E-state index in [4.69, 9.17) is 21.1 Å². The van der Waals surface area contributed by atoms with E-state index in [0.29, 0.717) is 29.6 Å². The largest absolute Gasteiger partial charge is 0.480 e. The van der Waals surface area contributed by atoms with Crippen LogP contribution >= 0.6 is 11.6 Å². The lowest BCUT2D eigenvalue weighted by atomic mass is 10.2. The Bertz CT molecular complexity index is 1130. The lowest BCUT2D eigenvalue weighted by Crippen LogP contribution is -2.21. The van der Waals surface area contributed by atoms with Gasteiger partial charge in [0.25, 0.3) is 5.56 Å². The molecular weight excluding hydrogens is 408 g/mol. The lowest BCUT2D eigenvalue weighted by molar-refractivity contribution is -0.120. The third-order valence-electron chi connectivity index (χ3n) is 4.39. The number of carbonyl (C=O) groups excluding carboxylic acids is 1. The summed E-state index contributed by atoms with van der Waals surface area (Å²) < 4.78 is 12.4. The molecule has 0 fully saturated rings. The zero-order valence-corrected chi connectivity index (χ0v) is 17.8. The number of anilines is 2. The molecule has 2 heterocycles. The van der Waals surface area contributed by atoms with Crippen LogP contribution < -0.4 is 20.3 Å². The van der Waals surface area contributed by atoms with Gasteiger partial charge in [-0.1, -0.05) is 25.4 Å². The molecule has 2 aromatic heterocycles. The summed E-state index contributed by atoms with van der Waals surface area (Å²) in [6.07, 6.45) is 2.67. The minimum atomic E-state index is -0.302. The number of aryl methyl sites for hydroxylation is 1. The van der Waals surface area contributed by atoms with E-state index in [9.17, 15) is 9.59 Å². The van der Waals surface area contributed by atoms with E-state index in [1.807, 2.05) is 25.1 Å². The number of hydrogen-bond acceptors (Lipinski definition) is 7. The summed E-state index contributed by atoms with van der Waals surface area (Å²) in [7, 11) is 1.66. The zero-order valence-electron chi connectivity index (χ0n) is 17.1. The van der Waals surface area contributed by atoms with Crippen molar-refractivity contribution in [1.29, 1.82) is 0 Å². The molecule has 3 rings (SSSR count). The van der Waals surface area contributed by atoms with Crippen molar-refractivity contribution in [2.45, 2.75) is 26.7 Å². The molecule has 0 saturated heterocycles. The standard InChI is InChI=1S/C21H23ClN4O4/c1-4-8-29-21-23-11-16(22)19(25-21)24-14-6-7-17-13(9-14)10-18(20(28)26(17)3)30-12-15(27)5-2/h6-7,9-11H,4-5,8,12H2,1-3H3,(H,23,24,25). The van der Waals surface area contributed by atoms with Crippen LogP contribution in [0.1, 0.15) is 26.7 Å². The maximum absolute atomic E-state index is 12.5. The lowest BCUT2D eigenvalue weighted by Gasteiger charge is -2.13. The Morgan fingerprint density at radius 2 is 2.03 bits per heavy atom. The number of ketones is 1. The number of pyridine rings is 1. The molecule has 0 aliphatic carbocycles. The summed E-state index contributed by atoms with van der Waals surface area (Å²) in [6.45, 7) is 4.12. The SMILES string of the molecule is CCCOc1ncc(Cl)c(Nc2ccc3c(c2)cc(OCC(=O)CC)c(=O)n3C)n1. The summed E-state index contributed by atoms with van der Waals surface area (Å²) >= 11 is 6.21. The number of hydrogen-bond donors (Lipinski definition) is 1. The number of carbonyl (C=O) groups is 1. The molecule has 0 atom stereocenters. The molecule has 9 heteroatoms.